The third-order valence-electron chi connectivity index (χ3n) is 4.12. The van der Waals surface area contributed by atoms with Crippen LogP contribution in [0.4, 0.5) is 0 Å². The van der Waals surface area contributed by atoms with Crippen molar-refractivity contribution in [1.29, 1.82) is 0 Å². The summed E-state index contributed by atoms with van der Waals surface area (Å²) in [5.41, 5.74) is 0. The van der Waals surface area contributed by atoms with Crippen LogP contribution in [-0.2, 0) is 9.59 Å². The van der Waals surface area contributed by atoms with Crippen LogP contribution in [0.3, 0.4) is 0 Å². The first-order valence-corrected chi connectivity index (χ1v) is 5.57. The summed E-state index contributed by atoms with van der Waals surface area (Å²) >= 11 is 0. The standard InChI is InChI=1S/C12H17NO2/c1-7-6-10(9(3)8(7)2)13-11(14)4-5-12(13)15/h4-5,7-10H,6H2,1-3H3/t7?,8-,9-,10-/m0/s1. The van der Waals surface area contributed by atoms with E-state index in [4.69, 9.17) is 0 Å². The number of carbonyl (C=O) groups excluding carboxylic acids is 2. The van der Waals surface area contributed by atoms with E-state index >= 15 is 0 Å². The van der Waals surface area contributed by atoms with Crippen LogP contribution in [0.5, 0.6) is 0 Å². The lowest BCUT2D eigenvalue weighted by atomic mass is 9.93. The van der Waals surface area contributed by atoms with Gasteiger partial charge in [-0.3, -0.25) is 14.5 Å². The molecule has 15 heavy (non-hydrogen) atoms. The van der Waals surface area contributed by atoms with Gasteiger partial charge in [0.15, 0.2) is 0 Å². The van der Waals surface area contributed by atoms with Gasteiger partial charge >= 0.3 is 0 Å². The Balaban J connectivity index is 2.19. The van der Waals surface area contributed by atoms with Crippen molar-refractivity contribution >= 4 is 11.8 Å². The van der Waals surface area contributed by atoms with Crippen molar-refractivity contribution in [3.05, 3.63) is 12.2 Å². The zero-order chi connectivity index (χ0) is 11.2. The second-order valence-electron chi connectivity index (χ2n) is 4.88. The average Bonchev–Trinajstić information content (AvgIpc) is 2.63. The number of imide groups is 1. The van der Waals surface area contributed by atoms with Crippen molar-refractivity contribution in [3.63, 3.8) is 0 Å². The van der Waals surface area contributed by atoms with Gasteiger partial charge < -0.3 is 0 Å². The molecular formula is C12H17NO2. The van der Waals surface area contributed by atoms with E-state index in [-0.39, 0.29) is 17.9 Å². The molecule has 2 aliphatic rings. The Kier molecular flexibility index (Phi) is 2.41. The summed E-state index contributed by atoms with van der Waals surface area (Å²) in [7, 11) is 0. The summed E-state index contributed by atoms with van der Waals surface area (Å²) in [5, 5.41) is 0. The van der Waals surface area contributed by atoms with E-state index in [0.717, 1.165) is 6.42 Å². The molecule has 0 aromatic carbocycles. The summed E-state index contributed by atoms with van der Waals surface area (Å²) in [6, 6.07) is 0.102. The predicted molar refractivity (Wildman–Crippen MR) is 56.9 cm³/mol. The lowest BCUT2D eigenvalue weighted by molar-refractivity contribution is -0.140. The molecule has 0 aromatic heterocycles. The van der Waals surface area contributed by atoms with Crippen LogP contribution in [-0.4, -0.2) is 22.8 Å². The molecular weight excluding hydrogens is 190 g/mol. The fourth-order valence-electron chi connectivity index (χ4n) is 2.76. The van der Waals surface area contributed by atoms with Gasteiger partial charge in [-0.15, -0.1) is 0 Å². The van der Waals surface area contributed by atoms with E-state index in [0.29, 0.717) is 17.8 Å². The topological polar surface area (TPSA) is 37.4 Å². The summed E-state index contributed by atoms with van der Waals surface area (Å²) in [6.45, 7) is 6.53. The largest absolute Gasteiger partial charge is 0.272 e. The van der Waals surface area contributed by atoms with Gasteiger partial charge in [-0.1, -0.05) is 20.8 Å². The fraction of sp³-hybridized carbons (Fsp3) is 0.667. The maximum absolute atomic E-state index is 11.5. The molecule has 3 nitrogen and oxygen atoms in total. The maximum atomic E-state index is 11.5. The summed E-state index contributed by atoms with van der Waals surface area (Å²) in [6.07, 6.45) is 3.70. The van der Waals surface area contributed by atoms with Gasteiger partial charge in [-0.05, 0) is 24.2 Å². The van der Waals surface area contributed by atoms with Crippen molar-refractivity contribution < 1.29 is 9.59 Å². The SMILES string of the molecule is CC1C[C@H](N2C(=O)C=CC2=O)[C@@H](C)[C@H]1C. The van der Waals surface area contributed by atoms with Crippen LogP contribution in [0.2, 0.25) is 0 Å². The van der Waals surface area contributed by atoms with Gasteiger partial charge in [0, 0.05) is 18.2 Å². The van der Waals surface area contributed by atoms with E-state index in [1.165, 1.54) is 17.1 Å². The van der Waals surface area contributed by atoms with Gasteiger partial charge in [0.2, 0.25) is 0 Å². The zero-order valence-corrected chi connectivity index (χ0v) is 9.43. The Morgan fingerprint density at radius 2 is 1.60 bits per heavy atom. The average molecular weight is 207 g/mol. The van der Waals surface area contributed by atoms with Crippen molar-refractivity contribution in [1.82, 2.24) is 4.90 Å². The number of rotatable bonds is 1. The molecule has 1 aliphatic carbocycles. The van der Waals surface area contributed by atoms with Crippen molar-refractivity contribution in [2.24, 2.45) is 17.8 Å². The number of nitrogens with zero attached hydrogens (tertiary/aromatic N) is 1. The van der Waals surface area contributed by atoms with Crippen LogP contribution in [0, 0.1) is 17.8 Å². The number of hydrogen-bond acceptors (Lipinski definition) is 2. The van der Waals surface area contributed by atoms with Gasteiger partial charge in [-0.25, -0.2) is 0 Å². The molecule has 0 aromatic rings. The fourth-order valence-corrected chi connectivity index (χ4v) is 2.76. The van der Waals surface area contributed by atoms with Crippen LogP contribution >= 0.6 is 0 Å². The van der Waals surface area contributed by atoms with Gasteiger partial charge in [0.25, 0.3) is 11.8 Å². The highest BCUT2D eigenvalue weighted by Gasteiger charge is 2.43. The predicted octanol–water partition coefficient (Wildman–Crippen LogP) is 1.59. The van der Waals surface area contributed by atoms with Gasteiger partial charge in [-0.2, -0.15) is 0 Å². The highest BCUT2D eigenvalue weighted by molar-refractivity contribution is 6.13. The second kappa shape index (κ2) is 3.47. The van der Waals surface area contributed by atoms with E-state index < -0.39 is 0 Å². The molecule has 1 saturated carbocycles. The first kappa shape index (κ1) is 10.4. The monoisotopic (exact) mass is 207 g/mol. The normalized spacial score (nSPS) is 40.6. The third kappa shape index (κ3) is 1.50. The number of hydrogen-bond donors (Lipinski definition) is 0. The van der Waals surface area contributed by atoms with Gasteiger partial charge in [0.05, 0.1) is 0 Å². The Hall–Kier alpha value is -1.12. The minimum Gasteiger partial charge on any atom is -0.272 e. The van der Waals surface area contributed by atoms with E-state index in [1.54, 1.807) is 0 Å². The van der Waals surface area contributed by atoms with Crippen LogP contribution in [0.25, 0.3) is 0 Å². The van der Waals surface area contributed by atoms with E-state index in [1.807, 2.05) is 0 Å². The molecule has 1 aliphatic heterocycles. The quantitative estimate of drug-likeness (QED) is 0.612. The zero-order valence-electron chi connectivity index (χ0n) is 9.43. The van der Waals surface area contributed by atoms with E-state index in [2.05, 4.69) is 20.8 Å². The minimum atomic E-state index is -0.141. The molecule has 1 unspecified atom stereocenters. The van der Waals surface area contributed by atoms with Crippen molar-refractivity contribution in [3.8, 4) is 0 Å². The Labute approximate surface area is 90.1 Å². The van der Waals surface area contributed by atoms with Crippen molar-refractivity contribution in [2.45, 2.75) is 33.2 Å². The Bertz CT molecular complexity index is 317. The molecule has 0 saturated heterocycles. The van der Waals surface area contributed by atoms with Gasteiger partial charge in [0.1, 0.15) is 0 Å². The molecule has 3 heteroatoms. The maximum Gasteiger partial charge on any atom is 0.253 e. The molecule has 2 amide bonds. The lowest BCUT2D eigenvalue weighted by Gasteiger charge is -2.26. The summed E-state index contributed by atoms with van der Waals surface area (Å²) in [5.74, 6) is 1.30. The second-order valence-corrected chi connectivity index (χ2v) is 4.88. The molecule has 2 rings (SSSR count). The summed E-state index contributed by atoms with van der Waals surface area (Å²) < 4.78 is 0. The highest BCUT2D eigenvalue weighted by atomic mass is 16.2. The molecule has 1 fully saturated rings. The smallest absolute Gasteiger partial charge is 0.253 e. The van der Waals surface area contributed by atoms with Crippen LogP contribution < -0.4 is 0 Å². The molecule has 0 radical (unpaired) electrons. The first-order chi connectivity index (χ1) is 7.02. The Morgan fingerprint density at radius 1 is 1.07 bits per heavy atom. The number of carbonyl (C=O) groups is 2. The first-order valence-electron chi connectivity index (χ1n) is 5.57. The third-order valence-corrected chi connectivity index (χ3v) is 4.12. The molecule has 0 bridgehead atoms. The lowest BCUT2D eigenvalue weighted by Crippen LogP contribution is -2.42. The molecule has 82 valence electrons. The van der Waals surface area contributed by atoms with Crippen LogP contribution in [0.1, 0.15) is 27.2 Å². The van der Waals surface area contributed by atoms with Crippen molar-refractivity contribution in [2.75, 3.05) is 0 Å². The summed E-state index contributed by atoms with van der Waals surface area (Å²) in [4.78, 5) is 24.5. The van der Waals surface area contributed by atoms with E-state index in [9.17, 15) is 9.59 Å². The molecule has 4 atom stereocenters. The highest BCUT2D eigenvalue weighted by Crippen LogP contribution is 2.39. The van der Waals surface area contributed by atoms with Crippen LogP contribution in [0.15, 0.2) is 12.2 Å². The molecule has 0 spiro atoms. The minimum absolute atomic E-state index is 0.102. The molecule has 0 N–H and O–H groups in total. The Morgan fingerprint density at radius 3 is 2.00 bits per heavy atom. The number of amides is 2. The molecule has 1 heterocycles.